The normalized spacial score (nSPS) is 14.6. The second-order valence-electron chi connectivity index (χ2n) is 8.47. The Kier molecular flexibility index (Phi) is 8.71. The van der Waals surface area contributed by atoms with E-state index in [1.807, 2.05) is 0 Å². The molecule has 178 valence electrons. The van der Waals surface area contributed by atoms with Crippen molar-refractivity contribution in [1.82, 2.24) is 15.3 Å². The van der Waals surface area contributed by atoms with Gasteiger partial charge in [0, 0.05) is 38.1 Å². The van der Waals surface area contributed by atoms with Gasteiger partial charge in [-0.2, -0.15) is 0 Å². The third kappa shape index (κ3) is 6.95. The molecule has 9 heteroatoms. The largest absolute Gasteiger partial charge is 0.480 e. The van der Waals surface area contributed by atoms with Crippen molar-refractivity contribution in [2.75, 3.05) is 25.1 Å². The van der Waals surface area contributed by atoms with Crippen molar-refractivity contribution in [1.29, 1.82) is 0 Å². The maximum Gasteiger partial charge on any atom is 0.326 e. The van der Waals surface area contributed by atoms with Crippen LogP contribution in [-0.2, 0) is 22.4 Å². The number of aryl methyl sites for hydroxylation is 3. The van der Waals surface area contributed by atoms with Gasteiger partial charge in [0.2, 0.25) is 0 Å². The van der Waals surface area contributed by atoms with Crippen LogP contribution in [0.25, 0.3) is 0 Å². The number of hydrogen-bond donors (Lipinski definition) is 3. The fraction of sp³-hybridized carbons (Fsp3) is 0.500. The first-order valence-electron chi connectivity index (χ1n) is 11.3. The molecule has 0 aromatic carbocycles. The Bertz CT molecular complexity index is 965. The van der Waals surface area contributed by atoms with Crippen LogP contribution in [0.2, 0.25) is 0 Å². The summed E-state index contributed by atoms with van der Waals surface area (Å²) in [5, 5.41) is 15.1. The zero-order chi connectivity index (χ0) is 23.8. The first kappa shape index (κ1) is 24.6. The molecule has 2 atom stereocenters. The van der Waals surface area contributed by atoms with Crippen LogP contribution < -0.4 is 10.6 Å². The lowest BCUT2D eigenvalue weighted by molar-refractivity contribution is -0.139. The highest BCUT2D eigenvalue weighted by Gasteiger charge is 2.24. The molecule has 0 bridgehead atoms. The van der Waals surface area contributed by atoms with Gasteiger partial charge in [0.25, 0.3) is 5.91 Å². The molecule has 0 saturated carbocycles. The maximum absolute atomic E-state index is 13.9. The predicted octanol–water partition coefficient (Wildman–Crippen LogP) is 3.14. The number of carbonyl (C=O) groups is 2. The van der Waals surface area contributed by atoms with E-state index in [1.54, 1.807) is 0 Å². The van der Waals surface area contributed by atoms with Crippen LogP contribution in [0, 0.1) is 18.7 Å². The van der Waals surface area contributed by atoms with Crippen molar-refractivity contribution in [2.24, 2.45) is 5.92 Å². The van der Waals surface area contributed by atoms with Gasteiger partial charge in [0.05, 0.1) is 11.3 Å². The number of fused-ring (bicyclic) bond motifs is 1. The number of pyridine rings is 2. The molecule has 0 spiro atoms. The summed E-state index contributed by atoms with van der Waals surface area (Å²) in [6.07, 6.45) is 5.26. The third-order valence-corrected chi connectivity index (χ3v) is 5.72. The summed E-state index contributed by atoms with van der Waals surface area (Å²) in [4.78, 5) is 32.5. The first-order chi connectivity index (χ1) is 15.8. The van der Waals surface area contributed by atoms with Crippen molar-refractivity contribution in [3.05, 3.63) is 52.7 Å². The number of carboxylic acids is 1. The van der Waals surface area contributed by atoms with Crippen molar-refractivity contribution in [3.63, 3.8) is 0 Å². The molecule has 1 amide bonds. The van der Waals surface area contributed by atoms with Gasteiger partial charge in [0.15, 0.2) is 0 Å². The monoisotopic (exact) mass is 458 g/mol. The summed E-state index contributed by atoms with van der Waals surface area (Å²) < 4.78 is 19.6. The number of amides is 1. The molecule has 2 aromatic heterocycles. The molecule has 8 nitrogen and oxygen atoms in total. The SMILES string of the molecule is Cc1nccc(F)c1C(=O)N[C@@H](CCOC[C@H](C)CCc1ccc2c(n1)NCCC2)C(=O)O. The summed E-state index contributed by atoms with van der Waals surface area (Å²) in [5.41, 5.74) is 2.26. The third-order valence-electron chi connectivity index (χ3n) is 5.72. The minimum atomic E-state index is -1.20. The number of halogens is 1. The number of nitrogens with zero attached hydrogens (tertiary/aromatic N) is 2. The molecule has 1 aliphatic rings. The Balaban J connectivity index is 1.40. The van der Waals surface area contributed by atoms with E-state index in [-0.39, 0.29) is 30.2 Å². The van der Waals surface area contributed by atoms with E-state index < -0.39 is 23.7 Å². The van der Waals surface area contributed by atoms with E-state index >= 15 is 0 Å². The molecule has 3 rings (SSSR count). The van der Waals surface area contributed by atoms with Gasteiger partial charge in [-0.1, -0.05) is 13.0 Å². The van der Waals surface area contributed by atoms with Crippen LogP contribution in [0.4, 0.5) is 10.2 Å². The van der Waals surface area contributed by atoms with Gasteiger partial charge in [-0.3, -0.25) is 9.78 Å². The number of hydrogen-bond acceptors (Lipinski definition) is 6. The number of anilines is 1. The Morgan fingerprint density at radius 1 is 1.30 bits per heavy atom. The molecule has 0 unspecified atom stereocenters. The quantitative estimate of drug-likeness (QED) is 0.443. The van der Waals surface area contributed by atoms with Gasteiger partial charge in [-0.05, 0) is 56.2 Å². The van der Waals surface area contributed by atoms with Crippen molar-refractivity contribution in [2.45, 2.75) is 52.0 Å². The van der Waals surface area contributed by atoms with Crippen LogP contribution in [0.1, 0.15) is 53.5 Å². The number of carboxylic acid groups (broad SMARTS) is 1. The maximum atomic E-state index is 13.9. The standard InChI is InChI=1S/C24H31FN4O4/c1-15(5-7-18-8-6-17-4-3-11-27-22(17)28-18)14-33-13-10-20(24(31)32)29-23(30)21-16(2)26-12-9-19(21)25/h6,8-9,12,15,20H,3-5,7,10-11,13-14H2,1-2H3,(H,27,28)(H,29,30)(H,31,32)/t15-,20+/m1/s1. The van der Waals surface area contributed by atoms with E-state index in [0.717, 1.165) is 49.8 Å². The van der Waals surface area contributed by atoms with Crippen LogP contribution >= 0.6 is 0 Å². The molecule has 3 N–H and O–H groups in total. The highest BCUT2D eigenvalue weighted by molar-refractivity contribution is 5.97. The molecule has 0 radical (unpaired) electrons. The van der Waals surface area contributed by atoms with Gasteiger partial charge in [-0.25, -0.2) is 14.2 Å². The Morgan fingerprint density at radius 2 is 2.12 bits per heavy atom. The van der Waals surface area contributed by atoms with Crippen LogP contribution in [0.5, 0.6) is 0 Å². The zero-order valence-corrected chi connectivity index (χ0v) is 19.1. The van der Waals surface area contributed by atoms with Gasteiger partial charge in [-0.15, -0.1) is 0 Å². The van der Waals surface area contributed by atoms with E-state index in [1.165, 1.54) is 18.7 Å². The summed E-state index contributed by atoms with van der Waals surface area (Å²) in [5.74, 6) is -1.48. The van der Waals surface area contributed by atoms with E-state index in [4.69, 9.17) is 9.72 Å². The molecule has 0 fully saturated rings. The summed E-state index contributed by atoms with van der Waals surface area (Å²) >= 11 is 0. The first-order valence-corrected chi connectivity index (χ1v) is 11.3. The highest BCUT2D eigenvalue weighted by atomic mass is 19.1. The van der Waals surface area contributed by atoms with E-state index in [2.05, 4.69) is 34.7 Å². The van der Waals surface area contributed by atoms with E-state index in [9.17, 15) is 19.1 Å². The molecule has 33 heavy (non-hydrogen) atoms. The summed E-state index contributed by atoms with van der Waals surface area (Å²) in [7, 11) is 0. The molecule has 2 aromatic rings. The minimum Gasteiger partial charge on any atom is -0.480 e. The van der Waals surface area contributed by atoms with Crippen LogP contribution in [0.15, 0.2) is 24.4 Å². The lowest BCUT2D eigenvalue weighted by Crippen LogP contribution is -2.42. The van der Waals surface area contributed by atoms with Crippen LogP contribution in [-0.4, -0.2) is 52.8 Å². The molecule has 1 aliphatic heterocycles. The number of aliphatic carboxylic acids is 1. The molecular formula is C24H31FN4O4. The Labute approximate surface area is 193 Å². The number of rotatable bonds is 11. The fourth-order valence-corrected chi connectivity index (χ4v) is 3.77. The molecular weight excluding hydrogens is 427 g/mol. The Hall–Kier alpha value is -3.07. The summed E-state index contributed by atoms with van der Waals surface area (Å²) in [6.45, 7) is 5.16. The van der Waals surface area contributed by atoms with E-state index in [0.29, 0.717) is 6.61 Å². The zero-order valence-electron chi connectivity index (χ0n) is 19.1. The lowest BCUT2D eigenvalue weighted by Gasteiger charge is -2.18. The second kappa shape index (κ2) is 11.7. The number of aromatic nitrogens is 2. The average molecular weight is 459 g/mol. The second-order valence-corrected chi connectivity index (χ2v) is 8.47. The number of nitrogens with one attached hydrogen (secondary N) is 2. The minimum absolute atomic E-state index is 0.0762. The summed E-state index contributed by atoms with van der Waals surface area (Å²) in [6, 6.07) is 4.11. The Morgan fingerprint density at radius 3 is 2.88 bits per heavy atom. The van der Waals surface area contributed by atoms with Gasteiger partial charge < -0.3 is 20.5 Å². The van der Waals surface area contributed by atoms with Crippen molar-refractivity contribution >= 4 is 17.7 Å². The lowest BCUT2D eigenvalue weighted by atomic mass is 10.0. The van der Waals surface area contributed by atoms with Crippen molar-refractivity contribution in [3.8, 4) is 0 Å². The molecule has 0 aliphatic carbocycles. The topological polar surface area (TPSA) is 113 Å². The van der Waals surface area contributed by atoms with Gasteiger partial charge in [0.1, 0.15) is 17.7 Å². The van der Waals surface area contributed by atoms with Crippen LogP contribution in [0.3, 0.4) is 0 Å². The van der Waals surface area contributed by atoms with Gasteiger partial charge >= 0.3 is 5.97 Å². The molecule has 3 heterocycles. The highest BCUT2D eigenvalue weighted by Crippen LogP contribution is 2.21. The number of ether oxygens (including phenoxy) is 1. The smallest absolute Gasteiger partial charge is 0.326 e. The average Bonchev–Trinajstić information content (AvgIpc) is 2.79. The predicted molar refractivity (Wildman–Crippen MR) is 122 cm³/mol. The number of carbonyl (C=O) groups excluding carboxylic acids is 1. The fourth-order valence-electron chi connectivity index (χ4n) is 3.77. The van der Waals surface area contributed by atoms with Crippen molar-refractivity contribution < 1.29 is 23.8 Å². The molecule has 0 saturated heterocycles.